The van der Waals surface area contributed by atoms with Crippen LogP contribution in [0.4, 0.5) is 0 Å². The minimum absolute atomic E-state index is 0.882. The van der Waals surface area contributed by atoms with E-state index < -0.39 is 0 Å². The lowest BCUT2D eigenvalue weighted by Crippen LogP contribution is -1.91. The summed E-state index contributed by atoms with van der Waals surface area (Å²) in [6.45, 7) is 4.15. The predicted octanol–water partition coefficient (Wildman–Crippen LogP) is 3.48. The third-order valence-corrected chi connectivity index (χ3v) is 3.35. The molecule has 0 aliphatic rings. The van der Waals surface area contributed by atoms with Gasteiger partial charge in [-0.3, -0.25) is 0 Å². The quantitative estimate of drug-likeness (QED) is 0.717. The van der Waals surface area contributed by atoms with Gasteiger partial charge in [-0.15, -0.1) is 0 Å². The van der Waals surface area contributed by atoms with Gasteiger partial charge in [-0.25, -0.2) is 4.98 Å². The van der Waals surface area contributed by atoms with Crippen LogP contribution < -0.4 is 0 Å². The topological polar surface area (TPSA) is 12.9 Å². The molecule has 1 rings (SSSR count). The van der Waals surface area contributed by atoms with Crippen LogP contribution >= 0.6 is 31.9 Å². The number of rotatable bonds is 1. The number of hydrogen-bond donors (Lipinski definition) is 0. The first kappa shape index (κ1) is 9.20. The molecule has 0 aromatic carbocycles. The van der Waals surface area contributed by atoms with Crippen LogP contribution in [0.1, 0.15) is 18.2 Å². The Balaban J connectivity index is 3.21. The van der Waals surface area contributed by atoms with Gasteiger partial charge in [-0.05, 0) is 56.8 Å². The van der Waals surface area contributed by atoms with Gasteiger partial charge >= 0.3 is 0 Å². The van der Waals surface area contributed by atoms with Crippen LogP contribution in [0.3, 0.4) is 0 Å². The molecule has 11 heavy (non-hydrogen) atoms. The van der Waals surface area contributed by atoms with Gasteiger partial charge in [0.1, 0.15) is 4.60 Å². The van der Waals surface area contributed by atoms with Gasteiger partial charge in [0.15, 0.2) is 0 Å². The van der Waals surface area contributed by atoms with Gasteiger partial charge in [0.2, 0.25) is 0 Å². The number of halogens is 2. The Morgan fingerprint density at radius 1 is 1.45 bits per heavy atom. The molecular weight excluding hydrogens is 270 g/mol. The standard InChI is InChI=1S/C8H9Br2N/c1-3-6-4-7(9)8(10)11-5(6)2/h4H,3H2,1-2H3. The van der Waals surface area contributed by atoms with E-state index in [-0.39, 0.29) is 0 Å². The highest BCUT2D eigenvalue weighted by atomic mass is 79.9. The summed E-state index contributed by atoms with van der Waals surface area (Å²) >= 11 is 6.76. The summed E-state index contributed by atoms with van der Waals surface area (Å²) in [4.78, 5) is 4.31. The first-order valence-electron chi connectivity index (χ1n) is 3.46. The number of aryl methyl sites for hydroxylation is 2. The lowest BCUT2D eigenvalue weighted by atomic mass is 10.2. The van der Waals surface area contributed by atoms with Crippen LogP contribution in [0.2, 0.25) is 0 Å². The molecule has 60 valence electrons. The third kappa shape index (κ3) is 2.03. The Bertz CT molecular complexity index is 271. The van der Waals surface area contributed by atoms with Crippen molar-refractivity contribution in [2.45, 2.75) is 20.3 Å². The zero-order valence-corrected chi connectivity index (χ0v) is 9.66. The Hall–Kier alpha value is 0.110. The fourth-order valence-electron chi connectivity index (χ4n) is 0.947. The summed E-state index contributed by atoms with van der Waals surface area (Å²) in [5, 5.41) is 0. The molecule has 0 saturated heterocycles. The summed E-state index contributed by atoms with van der Waals surface area (Å²) in [6.07, 6.45) is 1.03. The maximum Gasteiger partial charge on any atom is 0.120 e. The van der Waals surface area contributed by atoms with Crippen molar-refractivity contribution >= 4 is 31.9 Å². The number of hydrogen-bond acceptors (Lipinski definition) is 1. The van der Waals surface area contributed by atoms with E-state index in [4.69, 9.17) is 0 Å². The van der Waals surface area contributed by atoms with Crippen LogP contribution in [-0.2, 0) is 6.42 Å². The largest absolute Gasteiger partial charge is 0.245 e. The molecule has 0 spiro atoms. The second kappa shape index (κ2) is 3.68. The van der Waals surface area contributed by atoms with E-state index in [2.05, 4.69) is 49.8 Å². The van der Waals surface area contributed by atoms with E-state index in [1.807, 2.05) is 6.92 Å². The minimum atomic E-state index is 0.882. The average Bonchev–Trinajstić information content (AvgIpc) is 1.97. The molecule has 0 amide bonds. The molecule has 0 saturated carbocycles. The van der Waals surface area contributed by atoms with Gasteiger partial charge in [0, 0.05) is 5.69 Å². The number of nitrogens with zero attached hydrogens (tertiary/aromatic N) is 1. The first-order valence-corrected chi connectivity index (χ1v) is 5.05. The summed E-state index contributed by atoms with van der Waals surface area (Å²) in [6, 6.07) is 2.10. The molecule has 0 bridgehead atoms. The van der Waals surface area contributed by atoms with Crippen molar-refractivity contribution in [3.8, 4) is 0 Å². The molecule has 0 radical (unpaired) electrons. The molecule has 0 fully saturated rings. The summed E-state index contributed by atoms with van der Waals surface area (Å²) in [5.41, 5.74) is 2.39. The van der Waals surface area contributed by atoms with Crippen molar-refractivity contribution in [1.29, 1.82) is 0 Å². The smallest absolute Gasteiger partial charge is 0.120 e. The van der Waals surface area contributed by atoms with Gasteiger partial charge in [-0.1, -0.05) is 6.92 Å². The van der Waals surface area contributed by atoms with Crippen molar-refractivity contribution in [3.63, 3.8) is 0 Å². The fourth-order valence-corrected chi connectivity index (χ4v) is 1.69. The van der Waals surface area contributed by atoms with Crippen LogP contribution in [-0.4, -0.2) is 4.98 Å². The Morgan fingerprint density at radius 3 is 2.64 bits per heavy atom. The molecule has 1 aromatic heterocycles. The van der Waals surface area contributed by atoms with Crippen molar-refractivity contribution in [2.24, 2.45) is 0 Å². The van der Waals surface area contributed by atoms with Gasteiger partial charge in [0.05, 0.1) is 4.47 Å². The molecule has 0 aliphatic carbocycles. The zero-order chi connectivity index (χ0) is 8.43. The Kier molecular flexibility index (Phi) is 3.07. The molecular formula is C8H9Br2N. The van der Waals surface area contributed by atoms with Crippen LogP contribution in [0.15, 0.2) is 15.1 Å². The van der Waals surface area contributed by atoms with E-state index in [1.165, 1.54) is 5.56 Å². The van der Waals surface area contributed by atoms with Gasteiger partial charge in [-0.2, -0.15) is 0 Å². The molecule has 0 aliphatic heterocycles. The van der Waals surface area contributed by atoms with Gasteiger partial charge < -0.3 is 0 Å². The lowest BCUT2D eigenvalue weighted by molar-refractivity contribution is 1.03. The molecule has 1 nitrogen and oxygen atoms in total. The molecule has 1 aromatic rings. The highest BCUT2D eigenvalue weighted by Crippen LogP contribution is 2.23. The maximum atomic E-state index is 4.31. The summed E-state index contributed by atoms with van der Waals surface area (Å²) in [5.74, 6) is 0. The zero-order valence-electron chi connectivity index (χ0n) is 6.49. The molecule has 3 heteroatoms. The Morgan fingerprint density at radius 2 is 2.09 bits per heavy atom. The average molecular weight is 279 g/mol. The highest BCUT2D eigenvalue weighted by molar-refractivity contribution is 9.13. The second-order valence-corrected chi connectivity index (χ2v) is 3.96. The lowest BCUT2D eigenvalue weighted by Gasteiger charge is -2.03. The SMILES string of the molecule is CCc1cc(Br)c(Br)nc1C. The van der Waals surface area contributed by atoms with Crippen LogP contribution in [0.5, 0.6) is 0 Å². The van der Waals surface area contributed by atoms with Crippen molar-refractivity contribution < 1.29 is 0 Å². The predicted molar refractivity (Wildman–Crippen MR) is 53.8 cm³/mol. The van der Waals surface area contributed by atoms with Crippen molar-refractivity contribution in [1.82, 2.24) is 4.98 Å². The monoisotopic (exact) mass is 277 g/mol. The van der Waals surface area contributed by atoms with Crippen LogP contribution in [0.25, 0.3) is 0 Å². The summed E-state index contributed by atoms with van der Waals surface area (Å²) < 4.78 is 1.91. The van der Waals surface area contributed by atoms with Crippen molar-refractivity contribution in [3.05, 3.63) is 26.4 Å². The number of aromatic nitrogens is 1. The third-order valence-electron chi connectivity index (χ3n) is 1.61. The molecule has 1 heterocycles. The van der Waals surface area contributed by atoms with E-state index >= 15 is 0 Å². The fraction of sp³-hybridized carbons (Fsp3) is 0.375. The van der Waals surface area contributed by atoms with E-state index in [1.54, 1.807) is 0 Å². The maximum absolute atomic E-state index is 4.31. The first-order chi connectivity index (χ1) is 5.15. The Labute approximate surface area is 83.5 Å². The minimum Gasteiger partial charge on any atom is -0.245 e. The second-order valence-electron chi connectivity index (χ2n) is 2.36. The van der Waals surface area contributed by atoms with Crippen LogP contribution in [0, 0.1) is 6.92 Å². The number of pyridine rings is 1. The molecule has 0 unspecified atom stereocenters. The van der Waals surface area contributed by atoms with Gasteiger partial charge in [0.25, 0.3) is 0 Å². The molecule has 0 atom stereocenters. The summed E-state index contributed by atoms with van der Waals surface area (Å²) in [7, 11) is 0. The van der Waals surface area contributed by atoms with E-state index in [0.717, 1.165) is 21.2 Å². The highest BCUT2D eigenvalue weighted by Gasteiger charge is 2.02. The van der Waals surface area contributed by atoms with E-state index in [9.17, 15) is 0 Å². The molecule has 0 N–H and O–H groups in total. The normalized spacial score (nSPS) is 10.2. The van der Waals surface area contributed by atoms with E-state index in [0.29, 0.717) is 0 Å². The van der Waals surface area contributed by atoms with Crippen molar-refractivity contribution in [2.75, 3.05) is 0 Å².